The van der Waals surface area contributed by atoms with Crippen LogP contribution in [-0.4, -0.2) is 27.0 Å². The third-order valence-electron chi connectivity index (χ3n) is 5.33. The number of fused-ring (bicyclic) bond motifs is 1. The summed E-state index contributed by atoms with van der Waals surface area (Å²) >= 11 is 0. The molecule has 142 valence electrons. The average molecular weight is 385 g/mol. The second kappa shape index (κ2) is 7.35. The molecule has 0 N–H and O–H groups in total. The van der Waals surface area contributed by atoms with Crippen molar-refractivity contribution >= 4 is 21.7 Å². The van der Waals surface area contributed by atoms with Crippen molar-refractivity contribution in [3.63, 3.8) is 0 Å². The van der Waals surface area contributed by atoms with Gasteiger partial charge in [0.25, 0.3) is 10.0 Å². The molecular formula is C21H23NO4S. The van der Waals surface area contributed by atoms with Crippen LogP contribution in [0.1, 0.15) is 48.0 Å². The van der Waals surface area contributed by atoms with Crippen LogP contribution < -0.4 is 4.31 Å². The fraction of sp³-hybridized carbons (Fsp3) is 0.381. The van der Waals surface area contributed by atoms with Crippen molar-refractivity contribution < 1.29 is 17.9 Å². The molecule has 0 amide bonds. The van der Waals surface area contributed by atoms with Crippen LogP contribution in [0.5, 0.6) is 0 Å². The van der Waals surface area contributed by atoms with E-state index in [1.54, 1.807) is 12.1 Å². The number of para-hydroxylation sites is 1. The van der Waals surface area contributed by atoms with Gasteiger partial charge in [-0.05, 0) is 61.9 Å². The van der Waals surface area contributed by atoms with Crippen molar-refractivity contribution in [1.29, 1.82) is 0 Å². The predicted molar refractivity (Wildman–Crippen MR) is 103 cm³/mol. The Balaban J connectivity index is 1.57. The van der Waals surface area contributed by atoms with Gasteiger partial charge in [0.05, 0.1) is 16.1 Å². The number of nitrogens with zero attached hydrogens (tertiary/aromatic N) is 1. The number of hydrogen-bond donors (Lipinski definition) is 0. The number of carbonyl (C=O) groups is 1. The molecule has 0 atom stereocenters. The molecule has 27 heavy (non-hydrogen) atoms. The van der Waals surface area contributed by atoms with E-state index in [1.807, 2.05) is 24.3 Å². The number of carbonyl (C=O) groups excluding carboxylic acids is 1. The van der Waals surface area contributed by atoms with Crippen molar-refractivity contribution in [2.24, 2.45) is 0 Å². The Labute approximate surface area is 160 Å². The standard InChI is InChI=1S/C21H23NO4S/c23-21(26-18-9-2-1-3-10-18)17-8-6-11-19(15-17)27(24,25)22-14-13-16-7-4-5-12-20(16)22/h4-8,11-12,15,18H,1-3,9-10,13-14H2. The number of anilines is 1. The van der Waals surface area contributed by atoms with E-state index in [4.69, 9.17) is 4.74 Å². The van der Waals surface area contributed by atoms with Gasteiger partial charge in [-0.1, -0.05) is 30.7 Å². The Hall–Kier alpha value is -2.34. The minimum absolute atomic E-state index is 0.0584. The summed E-state index contributed by atoms with van der Waals surface area (Å²) in [5.74, 6) is -0.444. The Morgan fingerprint density at radius 3 is 2.59 bits per heavy atom. The van der Waals surface area contributed by atoms with Crippen LogP contribution in [0.2, 0.25) is 0 Å². The molecule has 0 bridgehead atoms. The molecule has 1 heterocycles. The number of esters is 1. The van der Waals surface area contributed by atoms with Gasteiger partial charge in [-0.15, -0.1) is 0 Å². The summed E-state index contributed by atoms with van der Waals surface area (Å²) in [4.78, 5) is 12.6. The summed E-state index contributed by atoms with van der Waals surface area (Å²) in [6.07, 6.45) is 5.72. The number of hydrogen-bond acceptors (Lipinski definition) is 4. The molecule has 1 aliphatic heterocycles. The maximum atomic E-state index is 13.1. The first-order valence-corrected chi connectivity index (χ1v) is 10.9. The topological polar surface area (TPSA) is 63.7 Å². The lowest BCUT2D eigenvalue weighted by Crippen LogP contribution is -2.29. The lowest BCUT2D eigenvalue weighted by atomic mass is 9.98. The molecule has 0 saturated heterocycles. The van der Waals surface area contributed by atoms with Gasteiger partial charge in [0, 0.05) is 6.54 Å². The van der Waals surface area contributed by atoms with Crippen LogP contribution in [0.15, 0.2) is 53.4 Å². The van der Waals surface area contributed by atoms with E-state index in [9.17, 15) is 13.2 Å². The Morgan fingerprint density at radius 2 is 1.78 bits per heavy atom. The van der Waals surface area contributed by atoms with E-state index < -0.39 is 16.0 Å². The van der Waals surface area contributed by atoms with E-state index in [1.165, 1.54) is 22.9 Å². The largest absolute Gasteiger partial charge is 0.459 e. The summed E-state index contributed by atoms with van der Waals surface area (Å²) in [5.41, 5.74) is 2.02. The van der Waals surface area contributed by atoms with Crippen molar-refractivity contribution in [2.45, 2.75) is 49.5 Å². The maximum Gasteiger partial charge on any atom is 0.338 e. The normalized spacial score (nSPS) is 17.6. The number of sulfonamides is 1. The highest BCUT2D eigenvalue weighted by Crippen LogP contribution is 2.33. The van der Waals surface area contributed by atoms with Gasteiger partial charge in [-0.3, -0.25) is 4.31 Å². The first-order chi connectivity index (χ1) is 13.1. The third kappa shape index (κ3) is 3.58. The van der Waals surface area contributed by atoms with Crippen LogP contribution in [0.3, 0.4) is 0 Å². The number of rotatable bonds is 4. The van der Waals surface area contributed by atoms with Crippen LogP contribution >= 0.6 is 0 Å². The van der Waals surface area contributed by atoms with Gasteiger partial charge in [0.15, 0.2) is 0 Å². The van der Waals surface area contributed by atoms with Crippen molar-refractivity contribution in [3.05, 3.63) is 59.7 Å². The van der Waals surface area contributed by atoms with Crippen LogP contribution in [0.4, 0.5) is 5.69 Å². The molecule has 2 aromatic carbocycles. The minimum atomic E-state index is -3.72. The van der Waals surface area contributed by atoms with Gasteiger partial charge in [0.1, 0.15) is 6.10 Å². The van der Waals surface area contributed by atoms with Gasteiger partial charge < -0.3 is 4.74 Å². The molecule has 1 fully saturated rings. The highest BCUT2D eigenvalue weighted by molar-refractivity contribution is 7.92. The molecule has 2 aliphatic rings. The fourth-order valence-corrected chi connectivity index (χ4v) is 5.42. The Kier molecular flexibility index (Phi) is 4.91. The van der Waals surface area contributed by atoms with Crippen molar-refractivity contribution in [2.75, 3.05) is 10.8 Å². The zero-order chi connectivity index (χ0) is 18.9. The first kappa shape index (κ1) is 18.0. The van der Waals surface area contributed by atoms with Crippen molar-refractivity contribution in [3.8, 4) is 0 Å². The maximum absolute atomic E-state index is 13.1. The molecule has 4 rings (SSSR count). The summed E-state index contributed by atoms with van der Waals surface area (Å²) in [5, 5.41) is 0. The zero-order valence-electron chi connectivity index (χ0n) is 15.1. The van der Waals surface area contributed by atoms with Gasteiger partial charge in [-0.2, -0.15) is 0 Å². The van der Waals surface area contributed by atoms with Crippen molar-refractivity contribution in [1.82, 2.24) is 0 Å². The first-order valence-electron chi connectivity index (χ1n) is 9.47. The molecule has 2 aromatic rings. The highest BCUT2D eigenvalue weighted by Gasteiger charge is 2.31. The summed E-state index contributed by atoms with van der Waals surface area (Å²) < 4.78 is 33.3. The highest BCUT2D eigenvalue weighted by atomic mass is 32.2. The molecule has 0 radical (unpaired) electrons. The molecule has 0 unspecified atom stereocenters. The quantitative estimate of drug-likeness (QED) is 0.748. The van der Waals surface area contributed by atoms with Crippen LogP contribution in [0.25, 0.3) is 0 Å². The van der Waals surface area contributed by atoms with E-state index >= 15 is 0 Å². The molecule has 5 nitrogen and oxygen atoms in total. The Morgan fingerprint density at radius 1 is 1.00 bits per heavy atom. The fourth-order valence-electron chi connectivity index (χ4n) is 3.87. The Bertz CT molecular complexity index is 948. The van der Waals surface area contributed by atoms with Crippen LogP contribution in [-0.2, 0) is 21.2 Å². The van der Waals surface area contributed by atoms with Gasteiger partial charge in [0.2, 0.25) is 0 Å². The molecule has 1 aliphatic carbocycles. The van der Waals surface area contributed by atoms with E-state index in [0.29, 0.717) is 18.7 Å². The summed E-state index contributed by atoms with van der Waals surface area (Å²) in [6.45, 7) is 0.415. The van der Waals surface area contributed by atoms with Gasteiger partial charge >= 0.3 is 5.97 Å². The molecular weight excluding hydrogens is 362 g/mol. The van der Waals surface area contributed by atoms with Gasteiger partial charge in [-0.25, -0.2) is 13.2 Å². The monoisotopic (exact) mass is 385 g/mol. The molecule has 0 spiro atoms. The zero-order valence-corrected chi connectivity index (χ0v) is 16.0. The van der Waals surface area contributed by atoms with Crippen LogP contribution in [0, 0.1) is 0 Å². The minimum Gasteiger partial charge on any atom is -0.459 e. The lowest BCUT2D eigenvalue weighted by molar-refractivity contribution is 0.0211. The predicted octanol–water partition coefficient (Wildman–Crippen LogP) is 3.93. The molecule has 1 saturated carbocycles. The van der Waals surface area contributed by atoms with E-state index in [0.717, 1.165) is 31.2 Å². The second-order valence-electron chi connectivity index (χ2n) is 7.15. The van der Waals surface area contributed by atoms with E-state index in [-0.39, 0.29) is 16.6 Å². The summed E-state index contributed by atoms with van der Waals surface area (Å²) in [6, 6.07) is 13.7. The van der Waals surface area contributed by atoms with E-state index in [2.05, 4.69) is 0 Å². The summed E-state index contributed by atoms with van der Waals surface area (Å²) in [7, 11) is -3.72. The smallest absolute Gasteiger partial charge is 0.338 e. The number of benzene rings is 2. The second-order valence-corrected chi connectivity index (χ2v) is 9.01. The SMILES string of the molecule is O=C(OC1CCCCC1)c1cccc(S(=O)(=O)N2CCc3ccccc32)c1. The lowest BCUT2D eigenvalue weighted by Gasteiger charge is -2.22. The molecule has 0 aromatic heterocycles. The number of ether oxygens (including phenoxy) is 1. The third-order valence-corrected chi connectivity index (χ3v) is 7.14. The average Bonchev–Trinajstić information content (AvgIpc) is 3.14. The molecule has 6 heteroatoms.